The molecular weight excluding hydrogens is 297 g/mol. The third-order valence-corrected chi connectivity index (χ3v) is 2.95. The first-order valence-corrected chi connectivity index (χ1v) is 6.58. The highest BCUT2D eigenvalue weighted by molar-refractivity contribution is 6.30. The standard InChI is InChI=1S/C15H13ClFNO3/c1-2-20-15(19)11-7-9(4-6-14(11)18)21-10-3-5-12(16)13(17)8-10/h3-8H,2,18H2,1H3. The van der Waals surface area contributed by atoms with Gasteiger partial charge in [0, 0.05) is 11.8 Å². The first-order chi connectivity index (χ1) is 10.0. The number of halogens is 2. The van der Waals surface area contributed by atoms with Crippen molar-refractivity contribution in [1.82, 2.24) is 0 Å². The van der Waals surface area contributed by atoms with Crippen molar-refractivity contribution in [2.45, 2.75) is 6.92 Å². The first-order valence-electron chi connectivity index (χ1n) is 6.20. The minimum absolute atomic E-state index is 0.00636. The summed E-state index contributed by atoms with van der Waals surface area (Å²) in [6.45, 7) is 1.94. The molecule has 0 aliphatic carbocycles. The predicted molar refractivity (Wildman–Crippen MR) is 78.3 cm³/mol. The van der Waals surface area contributed by atoms with Crippen LogP contribution in [0.5, 0.6) is 11.5 Å². The third-order valence-electron chi connectivity index (χ3n) is 2.65. The molecule has 4 nitrogen and oxygen atoms in total. The Morgan fingerprint density at radius 1 is 1.24 bits per heavy atom. The van der Waals surface area contributed by atoms with Crippen LogP contribution in [0.2, 0.25) is 5.02 Å². The minimum atomic E-state index is -0.588. The first kappa shape index (κ1) is 15.1. The maximum Gasteiger partial charge on any atom is 0.340 e. The number of anilines is 1. The Hall–Kier alpha value is -2.27. The highest BCUT2D eigenvalue weighted by Gasteiger charge is 2.12. The normalized spacial score (nSPS) is 10.2. The van der Waals surface area contributed by atoms with Gasteiger partial charge in [-0.15, -0.1) is 0 Å². The van der Waals surface area contributed by atoms with Gasteiger partial charge in [0.1, 0.15) is 17.3 Å². The van der Waals surface area contributed by atoms with Gasteiger partial charge in [-0.05, 0) is 37.3 Å². The summed E-state index contributed by atoms with van der Waals surface area (Å²) in [7, 11) is 0. The van der Waals surface area contributed by atoms with Crippen LogP contribution in [0.1, 0.15) is 17.3 Å². The zero-order chi connectivity index (χ0) is 15.4. The summed E-state index contributed by atoms with van der Waals surface area (Å²) in [5.74, 6) is -0.525. The third kappa shape index (κ3) is 3.64. The van der Waals surface area contributed by atoms with E-state index in [2.05, 4.69) is 0 Å². The van der Waals surface area contributed by atoms with Crippen molar-refractivity contribution < 1.29 is 18.7 Å². The molecule has 2 rings (SSSR count). The Labute approximate surface area is 126 Å². The topological polar surface area (TPSA) is 61.5 Å². The highest BCUT2D eigenvalue weighted by atomic mass is 35.5. The molecule has 0 aliphatic heterocycles. The van der Waals surface area contributed by atoms with Gasteiger partial charge in [0.15, 0.2) is 0 Å². The Balaban J connectivity index is 2.26. The van der Waals surface area contributed by atoms with Crippen LogP contribution in [0, 0.1) is 5.82 Å². The molecule has 0 unspecified atom stereocenters. The number of hydrogen-bond acceptors (Lipinski definition) is 4. The molecule has 2 aromatic carbocycles. The quantitative estimate of drug-likeness (QED) is 0.684. The second-order valence-corrected chi connectivity index (χ2v) is 4.55. The lowest BCUT2D eigenvalue weighted by molar-refractivity contribution is 0.0527. The van der Waals surface area contributed by atoms with Crippen LogP contribution < -0.4 is 10.5 Å². The van der Waals surface area contributed by atoms with Gasteiger partial charge in [0.05, 0.1) is 17.2 Å². The molecule has 0 radical (unpaired) electrons. The van der Waals surface area contributed by atoms with Crippen molar-refractivity contribution in [2.75, 3.05) is 12.3 Å². The van der Waals surface area contributed by atoms with E-state index in [1.54, 1.807) is 13.0 Å². The van der Waals surface area contributed by atoms with Crippen molar-refractivity contribution in [3.63, 3.8) is 0 Å². The molecule has 0 saturated carbocycles. The average molecular weight is 310 g/mol. The van der Waals surface area contributed by atoms with Crippen LogP contribution >= 0.6 is 11.6 Å². The molecule has 0 fully saturated rings. The number of nitrogen functional groups attached to an aromatic ring is 1. The van der Waals surface area contributed by atoms with E-state index in [1.807, 2.05) is 0 Å². The summed E-state index contributed by atoms with van der Waals surface area (Å²) in [4.78, 5) is 11.7. The Kier molecular flexibility index (Phi) is 4.65. The number of ether oxygens (including phenoxy) is 2. The van der Waals surface area contributed by atoms with Crippen LogP contribution in [-0.4, -0.2) is 12.6 Å². The lowest BCUT2D eigenvalue weighted by atomic mass is 10.1. The molecule has 2 N–H and O–H groups in total. The summed E-state index contributed by atoms with van der Waals surface area (Å²) < 4.78 is 23.7. The van der Waals surface area contributed by atoms with E-state index in [1.165, 1.54) is 24.3 Å². The molecule has 0 amide bonds. The summed E-state index contributed by atoms with van der Waals surface area (Å²) in [6, 6.07) is 8.60. The van der Waals surface area contributed by atoms with Gasteiger partial charge in [-0.2, -0.15) is 0 Å². The van der Waals surface area contributed by atoms with Crippen molar-refractivity contribution >= 4 is 23.3 Å². The van der Waals surface area contributed by atoms with E-state index < -0.39 is 11.8 Å². The number of carbonyl (C=O) groups excluding carboxylic acids is 1. The second-order valence-electron chi connectivity index (χ2n) is 4.15. The zero-order valence-corrected chi connectivity index (χ0v) is 12.0. The lowest BCUT2D eigenvalue weighted by Gasteiger charge is -2.10. The van der Waals surface area contributed by atoms with Gasteiger partial charge in [0.25, 0.3) is 0 Å². The maximum atomic E-state index is 13.3. The summed E-state index contributed by atoms with van der Waals surface area (Å²) in [5, 5.41) is 0.00636. The van der Waals surface area contributed by atoms with Crippen LogP contribution in [-0.2, 0) is 4.74 Å². The average Bonchev–Trinajstić information content (AvgIpc) is 2.45. The van der Waals surface area contributed by atoms with Gasteiger partial charge < -0.3 is 15.2 Å². The van der Waals surface area contributed by atoms with E-state index in [-0.39, 0.29) is 28.6 Å². The fourth-order valence-electron chi connectivity index (χ4n) is 1.66. The van der Waals surface area contributed by atoms with Gasteiger partial charge in [0.2, 0.25) is 0 Å². The van der Waals surface area contributed by atoms with Gasteiger partial charge in [-0.3, -0.25) is 0 Å². The number of esters is 1. The molecule has 110 valence electrons. The summed E-state index contributed by atoms with van der Waals surface area (Å²) in [6.07, 6.45) is 0. The molecular formula is C15H13ClFNO3. The summed E-state index contributed by atoms with van der Waals surface area (Å²) in [5.41, 5.74) is 6.20. The molecule has 0 saturated heterocycles. The van der Waals surface area contributed by atoms with Crippen molar-refractivity contribution in [3.05, 3.63) is 52.8 Å². The second kappa shape index (κ2) is 6.45. The van der Waals surface area contributed by atoms with Gasteiger partial charge >= 0.3 is 5.97 Å². The fraction of sp³-hybridized carbons (Fsp3) is 0.133. The van der Waals surface area contributed by atoms with Crippen molar-refractivity contribution in [3.8, 4) is 11.5 Å². The van der Waals surface area contributed by atoms with Crippen LogP contribution in [0.4, 0.5) is 10.1 Å². The number of rotatable bonds is 4. The number of nitrogens with two attached hydrogens (primary N) is 1. The van der Waals surface area contributed by atoms with Gasteiger partial charge in [-0.25, -0.2) is 9.18 Å². The smallest absolute Gasteiger partial charge is 0.340 e. The molecule has 0 bridgehead atoms. The van der Waals surface area contributed by atoms with E-state index >= 15 is 0 Å². The Morgan fingerprint density at radius 3 is 2.57 bits per heavy atom. The molecule has 2 aromatic rings. The van der Waals surface area contributed by atoms with Crippen molar-refractivity contribution in [2.24, 2.45) is 0 Å². The monoisotopic (exact) mass is 309 g/mol. The van der Waals surface area contributed by atoms with E-state index in [0.717, 1.165) is 6.07 Å². The number of carbonyl (C=O) groups is 1. The predicted octanol–water partition coefficient (Wildman–Crippen LogP) is 4.03. The minimum Gasteiger partial charge on any atom is -0.462 e. The summed E-state index contributed by atoms with van der Waals surface area (Å²) >= 11 is 5.60. The zero-order valence-electron chi connectivity index (χ0n) is 11.2. The van der Waals surface area contributed by atoms with Crippen LogP contribution in [0.25, 0.3) is 0 Å². The maximum absolute atomic E-state index is 13.3. The van der Waals surface area contributed by atoms with Crippen LogP contribution in [0.3, 0.4) is 0 Å². The molecule has 0 aliphatic rings. The molecule has 0 spiro atoms. The fourth-order valence-corrected chi connectivity index (χ4v) is 1.78. The highest BCUT2D eigenvalue weighted by Crippen LogP contribution is 2.28. The number of benzene rings is 2. The Morgan fingerprint density at radius 2 is 1.90 bits per heavy atom. The lowest BCUT2D eigenvalue weighted by Crippen LogP contribution is -2.08. The van der Waals surface area contributed by atoms with Crippen LogP contribution in [0.15, 0.2) is 36.4 Å². The molecule has 0 aromatic heterocycles. The van der Waals surface area contributed by atoms with Crippen molar-refractivity contribution in [1.29, 1.82) is 0 Å². The SMILES string of the molecule is CCOC(=O)c1cc(Oc2ccc(Cl)c(F)c2)ccc1N. The van der Waals surface area contributed by atoms with Gasteiger partial charge in [-0.1, -0.05) is 11.6 Å². The van der Waals surface area contributed by atoms with E-state index in [0.29, 0.717) is 5.75 Å². The molecule has 0 heterocycles. The van der Waals surface area contributed by atoms with E-state index in [4.69, 9.17) is 26.8 Å². The molecule has 6 heteroatoms. The Bertz CT molecular complexity index is 676. The largest absolute Gasteiger partial charge is 0.462 e. The number of hydrogen-bond donors (Lipinski definition) is 1. The molecule has 0 atom stereocenters. The van der Waals surface area contributed by atoms with E-state index in [9.17, 15) is 9.18 Å². The molecule has 21 heavy (non-hydrogen) atoms.